The van der Waals surface area contributed by atoms with Crippen LogP contribution in [-0.2, 0) is 11.8 Å². The van der Waals surface area contributed by atoms with Crippen molar-refractivity contribution in [2.75, 3.05) is 31.6 Å². The maximum Gasteiger partial charge on any atom is 0.257 e. The smallest absolute Gasteiger partial charge is 0.257 e. The lowest BCUT2D eigenvalue weighted by Crippen LogP contribution is -2.40. The average molecular weight is 355 g/mol. The number of hydrogen-bond acceptors (Lipinski definition) is 5. The van der Waals surface area contributed by atoms with Crippen LogP contribution in [0.2, 0.25) is 0 Å². The molecule has 0 spiro atoms. The van der Waals surface area contributed by atoms with Gasteiger partial charge < -0.3 is 19.5 Å². The minimum absolute atomic E-state index is 0.0910. The number of rotatable bonds is 3. The Morgan fingerprint density at radius 2 is 2.08 bits per heavy atom. The highest BCUT2D eigenvalue weighted by molar-refractivity contribution is 6.07. The molecule has 1 amide bonds. The van der Waals surface area contributed by atoms with E-state index >= 15 is 0 Å². The number of morpholine rings is 1. The molecular formula is C18H18FN5O2. The number of benzene rings is 1. The fourth-order valence-electron chi connectivity index (χ4n) is 3.06. The molecular weight excluding hydrogens is 337 g/mol. The summed E-state index contributed by atoms with van der Waals surface area (Å²) in [5.74, 6) is 0.0443. The number of carbonyl (C=O) groups excluding carboxylic acids is 1. The number of aryl methyl sites for hydroxylation is 1. The molecule has 134 valence electrons. The van der Waals surface area contributed by atoms with Crippen LogP contribution < -0.4 is 5.32 Å². The summed E-state index contributed by atoms with van der Waals surface area (Å²) in [6.45, 7) is 2.18. The first-order valence-corrected chi connectivity index (χ1v) is 8.33. The number of hydrogen-bond donors (Lipinski definition) is 1. The first-order chi connectivity index (χ1) is 12.6. The fraction of sp³-hybridized carbons (Fsp3) is 0.278. The van der Waals surface area contributed by atoms with Crippen LogP contribution in [-0.4, -0.2) is 51.6 Å². The van der Waals surface area contributed by atoms with Crippen molar-refractivity contribution in [1.29, 1.82) is 0 Å². The van der Waals surface area contributed by atoms with E-state index in [4.69, 9.17) is 4.74 Å². The Bertz CT molecular complexity index is 965. The van der Waals surface area contributed by atoms with Crippen molar-refractivity contribution in [3.8, 4) is 0 Å². The zero-order valence-corrected chi connectivity index (χ0v) is 14.3. The maximum absolute atomic E-state index is 13.4. The van der Waals surface area contributed by atoms with Gasteiger partial charge in [0.2, 0.25) is 0 Å². The van der Waals surface area contributed by atoms with Crippen molar-refractivity contribution in [2.24, 2.45) is 7.05 Å². The SMILES string of the molecule is Cn1cnc2c(Nc3cccc(F)c3)ncc(C(=O)N3CCOCC3)c21. The summed E-state index contributed by atoms with van der Waals surface area (Å²) in [4.78, 5) is 23.4. The van der Waals surface area contributed by atoms with E-state index in [1.54, 1.807) is 34.1 Å². The number of imidazole rings is 1. The standard InChI is InChI=1S/C18H18FN5O2/c1-23-11-21-15-16(23)14(18(25)24-5-7-26-8-6-24)10-20-17(15)22-13-4-2-3-12(19)9-13/h2-4,9-11H,5-8H2,1H3,(H,20,22). The number of halogens is 1. The average Bonchev–Trinajstić information content (AvgIpc) is 3.05. The second-order valence-corrected chi connectivity index (χ2v) is 6.11. The fourth-order valence-corrected chi connectivity index (χ4v) is 3.06. The van der Waals surface area contributed by atoms with Crippen LogP contribution in [0.25, 0.3) is 11.0 Å². The summed E-state index contributed by atoms with van der Waals surface area (Å²) < 4.78 is 20.5. The topological polar surface area (TPSA) is 72.3 Å². The second kappa shape index (κ2) is 6.72. The number of ether oxygens (including phenoxy) is 1. The monoisotopic (exact) mass is 355 g/mol. The number of amides is 1. The molecule has 7 nitrogen and oxygen atoms in total. The summed E-state index contributed by atoms with van der Waals surface area (Å²) in [5.41, 5.74) is 2.31. The molecule has 1 N–H and O–H groups in total. The van der Waals surface area contributed by atoms with Crippen molar-refractivity contribution in [1.82, 2.24) is 19.4 Å². The van der Waals surface area contributed by atoms with E-state index in [0.29, 0.717) is 54.4 Å². The molecule has 0 atom stereocenters. The summed E-state index contributed by atoms with van der Waals surface area (Å²) in [7, 11) is 1.83. The number of nitrogens with zero attached hydrogens (tertiary/aromatic N) is 4. The first kappa shape index (κ1) is 16.5. The van der Waals surface area contributed by atoms with Crippen LogP contribution in [0.5, 0.6) is 0 Å². The third-order valence-electron chi connectivity index (χ3n) is 4.36. The summed E-state index contributed by atoms with van der Waals surface area (Å²) >= 11 is 0. The molecule has 3 heterocycles. The van der Waals surface area contributed by atoms with Crippen LogP contribution in [0, 0.1) is 5.82 Å². The Morgan fingerprint density at radius 1 is 1.27 bits per heavy atom. The van der Waals surface area contributed by atoms with Crippen LogP contribution in [0.15, 0.2) is 36.8 Å². The van der Waals surface area contributed by atoms with Crippen molar-refractivity contribution in [3.05, 3.63) is 48.2 Å². The minimum atomic E-state index is -0.341. The number of nitrogens with one attached hydrogen (secondary N) is 1. The van der Waals surface area contributed by atoms with Gasteiger partial charge in [0.15, 0.2) is 5.82 Å². The molecule has 0 saturated carbocycles. The summed E-state index contributed by atoms with van der Waals surface area (Å²) in [6, 6.07) is 6.11. The van der Waals surface area contributed by atoms with Crippen molar-refractivity contribution in [2.45, 2.75) is 0 Å². The molecule has 0 aliphatic carbocycles. The van der Waals surface area contributed by atoms with E-state index in [1.807, 2.05) is 7.05 Å². The molecule has 4 rings (SSSR count). The molecule has 1 aromatic carbocycles. The molecule has 1 fully saturated rings. The van der Waals surface area contributed by atoms with Crippen molar-refractivity contribution < 1.29 is 13.9 Å². The van der Waals surface area contributed by atoms with Gasteiger partial charge in [-0.05, 0) is 18.2 Å². The van der Waals surface area contributed by atoms with Gasteiger partial charge in [-0.1, -0.05) is 6.07 Å². The Morgan fingerprint density at radius 3 is 2.85 bits per heavy atom. The van der Waals surface area contributed by atoms with Crippen molar-refractivity contribution >= 4 is 28.4 Å². The zero-order chi connectivity index (χ0) is 18.1. The Hall–Kier alpha value is -3.00. The van der Waals surface area contributed by atoms with E-state index in [2.05, 4.69) is 15.3 Å². The largest absolute Gasteiger partial charge is 0.378 e. The Kier molecular flexibility index (Phi) is 4.26. The molecule has 0 unspecified atom stereocenters. The molecule has 2 aromatic heterocycles. The maximum atomic E-state index is 13.4. The predicted molar refractivity (Wildman–Crippen MR) is 94.9 cm³/mol. The normalized spacial score (nSPS) is 14.6. The molecule has 1 aliphatic heterocycles. The van der Waals surface area contributed by atoms with Gasteiger partial charge in [0.05, 0.1) is 30.6 Å². The number of pyridine rings is 1. The van der Waals surface area contributed by atoms with Gasteiger partial charge in [0, 0.05) is 32.0 Å². The quantitative estimate of drug-likeness (QED) is 0.781. The number of aromatic nitrogens is 3. The highest BCUT2D eigenvalue weighted by atomic mass is 19.1. The Labute approximate surface area is 149 Å². The molecule has 8 heteroatoms. The number of fused-ring (bicyclic) bond motifs is 1. The van der Waals surface area contributed by atoms with Crippen LogP contribution in [0.4, 0.5) is 15.9 Å². The lowest BCUT2D eigenvalue weighted by atomic mass is 10.2. The number of carbonyl (C=O) groups is 1. The lowest BCUT2D eigenvalue weighted by Gasteiger charge is -2.27. The van der Waals surface area contributed by atoms with Gasteiger partial charge in [0.1, 0.15) is 11.3 Å². The van der Waals surface area contributed by atoms with Gasteiger partial charge in [-0.15, -0.1) is 0 Å². The van der Waals surface area contributed by atoms with E-state index in [1.165, 1.54) is 12.1 Å². The molecule has 1 aliphatic rings. The molecule has 0 radical (unpaired) electrons. The Balaban J connectivity index is 1.73. The molecule has 0 bridgehead atoms. The van der Waals surface area contributed by atoms with Gasteiger partial charge >= 0.3 is 0 Å². The minimum Gasteiger partial charge on any atom is -0.378 e. The first-order valence-electron chi connectivity index (χ1n) is 8.33. The third kappa shape index (κ3) is 2.99. The van der Waals surface area contributed by atoms with E-state index < -0.39 is 0 Å². The van der Waals surface area contributed by atoms with Crippen LogP contribution in [0.3, 0.4) is 0 Å². The van der Waals surface area contributed by atoms with E-state index in [9.17, 15) is 9.18 Å². The lowest BCUT2D eigenvalue weighted by molar-refractivity contribution is 0.0303. The summed E-state index contributed by atoms with van der Waals surface area (Å²) in [5, 5.41) is 3.07. The zero-order valence-electron chi connectivity index (χ0n) is 14.3. The van der Waals surface area contributed by atoms with Gasteiger partial charge in [-0.25, -0.2) is 14.4 Å². The van der Waals surface area contributed by atoms with Gasteiger partial charge in [0.25, 0.3) is 5.91 Å². The molecule has 3 aromatic rings. The summed E-state index contributed by atoms with van der Waals surface area (Å²) in [6.07, 6.45) is 3.18. The van der Waals surface area contributed by atoms with Gasteiger partial charge in [-0.3, -0.25) is 4.79 Å². The second-order valence-electron chi connectivity index (χ2n) is 6.11. The van der Waals surface area contributed by atoms with E-state index in [0.717, 1.165) is 0 Å². The molecule has 1 saturated heterocycles. The van der Waals surface area contributed by atoms with Crippen LogP contribution >= 0.6 is 0 Å². The predicted octanol–water partition coefficient (Wildman–Crippen LogP) is 2.32. The van der Waals surface area contributed by atoms with Gasteiger partial charge in [-0.2, -0.15) is 0 Å². The highest BCUT2D eigenvalue weighted by Crippen LogP contribution is 2.27. The van der Waals surface area contributed by atoms with E-state index in [-0.39, 0.29) is 11.7 Å². The van der Waals surface area contributed by atoms with Crippen LogP contribution in [0.1, 0.15) is 10.4 Å². The highest BCUT2D eigenvalue weighted by Gasteiger charge is 2.23. The number of anilines is 2. The third-order valence-corrected chi connectivity index (χ3v) is 4.36. The molecule has 26 heavy (non-hydrogen) atoms. The van der Waals surface area contributed by atoms with Crippen molar-refractivity contribution in [3.63, 3.8) is 0 Å².